The summed E-state index contributed by atoms with van der Waals surface area (Å²) >= 11 is 5.80. The van der Waals surface area contributed by atoms with Crippen molar-refractivity contribution in [2.75, 3.05) is 31.4 Å². The Bertz CT molecular complexity index is 644. The maximum absolute atomic E-state index is 12.2. The minimum absolute atomic E-state index is 0.239. The molecule has 0 aliphatic heterocycles. The number of hydrogen-bond acceptors (Lipinski definition) is 5. The van der Waals surface area contributed by atoms with Gasteiger partial charge in [-0.25, -0.2) is 4.98 Å². The number of hydrogen-bond donors (Lipinski definition) is 1. The summed E-state index contributed by atoms with van der Waals surface area (Å²) < 4.78 is 4.99. The molecule has 0 atom stereocenters. The molecule has 0 unspecified atom stereocenters. The van der Waals surface area contributed by atoms with Crippen molar-refractivity contribution in [3.63, 3.8) is 0 Å². The average Bonchev–Trinajstić information content (AvgIpc) is 2.48. The van der Waals surface area contributed by atoms with Crippen LogP contribution in [0.4, 0.5) is 11.5 Å². The highest BCUT2D eigenvalue weighted by Crippen LogP contribution is 2.23. The number of carbonyl (C=O) groups excluding carboxylic acids is 1. The molecule has 1 aromatic carbocycles. The lowest BCUT2D eigenvalue weighted by molar-refractivity contribution is 0.102. The lowest BCUT2D eigenvalue weighted by Crippen LogP contribution is -2.18. The standard InChI is InChI=1S/C14H15ClN4O2/c1-19(2)12-11(8-16-14(18-12)21-3)17-13(20)9-4-6-10(15)7-5-9/h4-8H,1-3H3,(H,17,20). The van der Waals surface area contributed by atoms with Crippen LogP contribution in [0.5, 0.6) is 6.01 Å². The van der Waals surface area contributed by atoms with Gasteiger partial charge in [0.05, 0.1) is 13.3 Å². The van der Waals surface area contributed by atoms with E-state index in [1.807, 2.05) is 14.1 Å². The lowest BCUT2D eigenvalue weighted by Gasteiger charge is -2.16. The first-order valence-electron chi connectivity index (χ1n) is 6.16. The summed E-state index contributed by atoms with van der Waals surface area (Å²) in [5, 5.41) is 3.35. The molecule has 0 spiro atoms. The van der Waals surface area contributed by atoms with Crippen molar-refractivity contribution in [1.29, 1.82) is 0 Å². The van der Waals surface area contributed by atoms with E-state index in [2.05, 4.69) is 15.3 Å². The van der Waals surface area contributed by atoms with Gasteiger partial charge in [0.25, 0.3) is 5.91 Å². The molecule has 0 aliphatic rings. The first kappa shape index (κ1) is 15.1. The Kier molecular flexibility index (Phi) is 4.59. The first-order valence-corrected chi connectivity index (χ1v) is 6.54. The van der Waals surface area contributed by atoms with E-state index in [1.54, 1.807) is 29.2 Å². The Balaban J connectivity index is 2.26. The fraction of sp³-hybridized carbons (Fsp3) is 0.214. The Morgan fingerprint density at radius 1 is 1.29 bits per heavy atom. The zero-order valence-electron chi connectivity index (χ0n) is 11.9. The van der Waals surface area contributed by atoms with E-state index in [4.69, 9.17) is 16.3 Å². The molecule has 1 aromatic heterocycles. The van der Waals surface area contributed by atoms with Gasteiger partial charge in [0.1, 0.15) is 5.69 Å². The normalized spacial score (nSPS) is 10.1. The predicted octanol–water partition coefficient (Wildman–Crippen LogP) is 2.46. The number of rotatable bonds is 4. The van der Waals surface area contributed by atoms with Gasteiger partial charge in [-0.2, -0.15) is 4.98 Å². The van der Waals surface area contributed by atoms with Gasteiger partial charge in [0.2, 0.25) is 0 Å². The summed E-state index contributed by atoms with van der Waals surface area (Å²) in [6, 6.07) is 6.86. The Labute approximate surface area is 127 Å². The third-order valence-corrected chi connectivity index (χ3v) is 2.96. The summed E-state index contributed by atoms with van der Waals surface area (Å²) in [6.45, 7) is 0. The Morgan fingerprint density at radius 3 is 2.52 bits per heavy atom. The van der Waals surface area contributed by atoms with Crippen LogP contribution >= 0.6 is 11.6 Å². The number of aromatic nitrogens is 2. The summed E-state index contributed by atoms with van der Waals surface area (Å²) in [7, 11) is 5.13. The molecule has 1 amide bonds. The largest absolute Gasteiger partial charge is 0.467 e. The summed E-state index contributed by atoms with van der Waals surface area (Å²) in [5.41, 5.74) is 1.00. The van der Waals surface area contributed by atoms with E-state index < -0.39 is 0 Å². The van der Waals surface area contributed by atoms with Crippen LogP contribution in [-0.4, -0.2) is 37.1 Å². The van der Waals surface area contributed by atoms with Gasteiger partial charge in [-0.15, -0.1) is 0 Å². The van der Waals surface area contributed by atoms with E-state index in [-0.39, 0.29) is 11.9 Å². The van der Waals surface area contributed by atoms with Crippen LogP contribution in [0.3, 0.4) is 0 Å². The molecule has 1 N–H and O–H groups in total. The van der Waals surface area contributed by atoms with Crippen LogP contribution in [0.25, 0.3) is 0 Å². The van der Waals surface area contributed by atoms with Crippen molar-refractivity contribution >= 4 is 29.0 Å². The van der Waals surface area contributed by atoms with Crippen molar-refractivity contribution in [3.8, 4) is 6.01 Å². The third-order valence-electron chi connectivity index (χ3n) is 2.71. The monoisotopic (exact) mass is 306 g/mol. The average molecular weight is 307 g/mol. The molecule has 6 nitrogen and oxygen atoms in total. The number of benzene rings is 1. The fourth-order valence-corrected chi connectivity index (χ4v) is 1.81. The Morgan fingerprint density at radius 2 is 1.95 bits per heavy atom. The topological polar surface area (TPSA) is 67.3 Å². The van der Waals surface area contributed by atoms with Crippen LogP contribution in [0, 0.1) is 0 Å². The van der Waals surface area contributed by atoms with Crippen molar-refractivity contribution < 1.29 is 9.53 Å². The van der Waals surface area contributed by atoms with Crippen molar-refractivity contribution in [2.45, 2.75) is 0 Å². The number of ether oxygens (including phenoxy) is 1. The first-order chi connectivity index (χ1) is 10.0. The maximum Gasteiger partial charge on any atom is 0.318 e. The van der Waals surface area contributed by atoms with E-state index in [0.717, 1.165) is 0 Å². The predicted molar refractivity (Wildman–Crippen MR) is 82.3 cm³/mol. The molecule has 0 bridgehead atoms. The second-order valence-corrected chi connectivity index (χ2v) is 4.89. The minimum atomic E-state index is -0.261. The molecule has 0 saturated carbocycles. The number of methoxy groups -OCH3 is 1. The molecule has 7 heteroatoms. The number of carbonyl (C=O) groups is 1. The molecular weight excluding hydrogens is 292 g/mol. The van der Waals surface area contributed by atoms with Gasteiger partial charge in [0, 0.05) is 24.7 Å². The molecule has 2 aromatic rings. The SMILES string of the molecule is COc1ncc(NC(=O)c2ccc(Cl)cc2)c(N(C)C)n1. The molecule has 0 aliphatic carbocycles. The summed E-state index contributed by atoms with van der Waals surface area (Å²) in [6.07, 6.45) is 1.51. The van der Waals surface area contributed by atoms with E-state index in [1.165, 1.54) is 13.3 Å². The zero-order valence-corrected chi connectivity index (χ0v) is 12.7. The third kappa shape index (κ3) is 3.61. The van der Waals surface area contributed by atoms with Gasteiger partial charge in [-0.05, 0) is 24.3 Å². The molecule has 0 radical (unpaired) electrons. The van der Waals surface area contributed by atoms with Crippen LogP contribution in [-0.2, 0) is 0 Å². The second-order valence-electron chi connectivity index (χ2n) is 4.45. The molecule has 2 rings (SSSR count). The molecule has 1 heterocycles. The van der Waals surface area contributed by atoms with Crippen LogP contribution in [0.15, 0.2) is 30.5 Å². The van der Waals surface area contributed by atoms with Crippen molar-refractivity contribution in [2.24, 2.45) is 0 Å². The molecule has 21 heavy (non-hydrogen) atoms. The van der Waals surface area contributed by atoms with E-state index in [9.17, 15) is 4.79 Å². The van der Waals surface area contributed by atoms with Gasteiger partial charge in [0.15, 0.2) is 5.82 Å². The quantitative estimate of drug-likeness (QED) is 0.940. The smallest absolute Gasteiger partial charge is 0.318 e. The van der Waals surface area contributed by atoms with Crippen molar-refractivity contribution in [3.05, 3.63) is 41.0 Å². The summed E-state index contributed by atoms with van der Waals surface area (Å²) in [5.74, 6) is 0.299. The summed E-state index contributed by atoms with van der Waals surface area (Å²) in [4.78, 5) is 22.2. The fourth-order valence-electron chi connectivity index (χ4n) is 1.68. The number of anilines is 2. The number of nitrogens with one attached hydrogen (secondary N) is 1. The number of amides is 1. The second kappa shape index (κ2) is 6.41. The Hall–Kier alpha value is -2.34. The molecule has 0 saturated heterocycles. The van der Waals surface area contributed by atoms with Gasteiger partial charge >= 0.3 is 6.01 Å². The number of nitrogens with zero attached hydrogens (tertiary/aromatic N) is 3. The van der Waals surface area contributed by atoms with Crippen LogP contribution < -0.4 is 15.0 Å². The molecular formula is C14H15ClN4O2. The van der Waals surface area contributed by atoms with Gasteiger partial charge in [-0.3, -0.25) is 4.79 Å². The minimum Gasteiger partial charge on any atom is -0.467 e. The van der Waals surface area contributed by atoms with E-state index in [0.29, 0.717) is 22.1 Å². The maximum atomic E-state index is 12.2. The van der Waals surface area contributed by atoms with Crippen molar-refractivity contribution in [1.82, 2.24) is 9.97 Å². The molecule has 0 fully saturated rings. The molecule has 110 valence electrons. The van der Waals surface area contributed by atoms with Gasteiger partial charge < -0.3 is 15.0 Å². The highest BCUT2D eigenvalue weighted by Gasteiger charge is 2.13. The van der Waals surface area contributed by atoms with Crippen LogP contribution in [0.1, 0.15) is 10.4 Å². The number of halogens is 1. The zero-order chi connectivity index (χ0) is 15.4. The van der Waals surface area contributed by atoms with E-state index >= 15 is 0 Å². The van der Waals surface area contributed by atoms with Gasteiger partial charge in [-0.1, -0.05) is 11.6 Å². The highest BCUT2D eigenvalue weighted by atomic mass is 35.5. The lowest BCUT2D eigenvalue weighted by atomic mass is 10.2. The van der Waals surface area contributed by atoms with Crippen LogP contribution in [0.2, 0.25) is 5.02 Å². The highest BCUT2D eigenvalue weighted by molar-refractivity contribution is 6.30.